The van der Waals surface area contributed by atoms with Gasteiger partial charge in [0, 0.05) is 37.6 Å². The zero-order chi connectivity index (χ0) is 11.8. The van der Waals surface area contributed by atoms with Gasteiger partial charge in [-0.3, -0.25) is 0 Å². The third-order valence-corrected chi connectivity index (χ3v) is 2.64. The van der Waals surface area contributed by atoms with E-state index in [1.165, 1.54) is 0 Å². The Morgan fingerprint density at radius 3 is 1.82 bits per heavy atom. The van der Waals surface area contributed by atoms with E-state index in [0.29, 0.717) is 0 Å². The van der Waals surface area contributed by atoms with Crippen molar-refractivity contribution in [3.63, 3.8) is 0 Å². The lowest BCUT2D eigenvalue weighted by atomic mass is 10.2. The molecule has 0 fully saturated rings. The number of aromatic nitrogens is 4. The third kappa shape index (κ3) is 4.40. The molecule has 17 heavy (non-hydrogen) atoms. The van der Waals surface area contributed by atoms with E-state index in [-0.39, 0.29) is 0 Å². The molecule has 0 spiro atoms. The molecular formula is C12H19N5. The van der Waals surface area contributed by atoms with Crippen LogP contribution in [0.4, 0.5) is 0 Å². The monoisotopic (exact) mass is 233 g/mol. The highest BCUT2D eigenvalue weighted by atomic mass is 14.9. The van der Waals surface area contributed by atoms with Gasteiger partial charge in [0.05, 0.1) is 0 Å². The third-order valence-electron chi connectivity index (χ3n) is 2.64. The van der Waals surface area contributed by atoms with Crippen molar-refractivity contribution in [2.75, 3.05) is 13.1 Å². The summed E-state index contributed by atoms with van der Waals surface area (Å²) in [4.78, 5) is 14.6. The number of aryl methyl sites for hydroxylation is 2. The van der Waals surface area contributed by atoms with E-state index >= 15 is 0 Å². The van der Waals surface area contributed by atoms with Gasteiger partial charge in [-0.15, -0.1) is 0 Å². The summed E-state index contributed by atoms with van der Waals surface area (Å²) < 4.78 is 0. The van der Waals surface area contributed by atoms with Gasteiger partial charge in [-0.05, 0) is 25.9 Å². The molecule has 2 rings (SSSR count). The molecular weight excluding hydrogens is 214 g/mol. The largest absolute Gasteiger partial charge is 0.349 e. The lowest BCUT2D eigenvalue weighted by Gasteiger charge is -2.02. The Bertz CT molecular complexity index is 341. The molecule has 0 saturated carbocycles. The van der Waals surface area contributed by atoms with Crippen LogP contribution in [0.5, 0.6) is 0 Å². The van der Waals surface area contributed by atoms with Crippen molar-refractivity contribution in [3.8, 4) is 0 Å². The first-order chi connectivity index (χ1) is 8.45. The number of aromatic amines is 2. The second-order valence-electron chi connectivity index (χ2n) is 4.03. The highest BCUT2D eigenvalue weighted by molar-refractivity contribution is 4.87. The first-order valence-corrected chi connectivity index (χ1v) is 6.12. The van der Waals surface area contributed by atoms with E-state index in [1.54, 1.807) is 12.4 Å². The second kappa shape index (κ2) is 6.85. The molecule has 3 N–H and O–H groups in total. The molecule has 0 bridgehead atoms. The van der Waals surface area contributed by atoms with E-state index < -0.39 is 0 Å². The predicted molar refractivity (Wildman–Crippen MR) is 66.7 cm³/mol. The quantitative estimate of drug-likeness (QED) is 0.602. The maximum absolute atomic E-state index is 4.19. The lowest BCUT2D eigenvalue weighted by Crippen LogP contribution is -2.18. The standard InChI is InChI=1S/C12H19N5/c1(3-11-14-7-8-15-11)5-13-6-2-4-12-16-9-10-17-12/h7-10,13H,1-6H2,(H,14,15)(H,16,17). The van der Waals surface area contributed by atoms with Crippen LogP contribution in [-0.2, 0) is 12.8 Å². The summed E-state index contributed by atoms with van der Waals surface area (Å²) in [7, 11) is 0. The van der Waals surface area contributed by atoms with Crippen molar-refractivity contribution in [1.82, 2.24) is 25.3 Å². The Morgan fingerprint density at radius 2 is 1.41 bits per heavy atom. The number of hydrogen-bond donors (Lipinski definition) is 3. The van der Waals surface area contributed by atoms with Gasteiger partial charge >= 0.3 is 0 Å². The zero-order valence-corrected chi connectivity index (χ0v) is 9.95. The summed E-state index contributed by atoms with van der Waals surface area (Å²) in [5, 5.41) is 3.43. The molecule has 2 aromatic rings. The minimum Gasteiger partial charge on any atom is -0.349 e. The maximum Gasteiger partial charge on any atom is 0.106 e. The Kier molecular flexibility index (Phi) is 4.78. The van der Waals surface area contributed by atoms with Gasteiger partial charge in [-0.1, -0.05) is 0 Å². The number of H-pyrrole nitrogens is 2. The van der Waals surface area contributed by atoms with Gasteiger partial charge in [-0.2, -0.15) is 0 Å². The number of nitrogens with one attached hydrogen (secondary N) is 3. The molecule has 0 unspecified atom stereocenters. The highest BCUT2D eigenvalue weighted by Gasteiger charge is 1.96. The van der Waals surface area contributed by atoms with Crippen molar-refractivity contribution in [1.29, 1.82) is 0 Å². The molecule has 0 saturated heterocycles. The average molecular weight is 233 g/mol. The highest BCUT2D eigenvalue weighted by Crippen LogP contribution is 1.95. The first kappa shape index (κ1) is 11.9. The van der Waals surface area contributed by atoms with Crippen LogP contribution >= 0.6 is 0 Å². The molecule has 2 heterocycles. The summed E-state index contributed by atoms with van der Waals surface area (Å²) in [6.45, 7) is 2.08. The Labute approximate surface area is 101 Å². The fraction of sp³-hybridized carbons (Fsp3) is 0.500. The molecule has 92 valence electrons. The zero-order valence-electron chi connectivity index (χ0n) is 9.95. The van der Waals surface area contributed by atoms with Crippen LogP contribution in [0.2, 0.25) is 0 Å². The number of nitrogens with zero attached hydrogens (tertiary/aromatic N) is 2. The summed E-state index contributed by atoms with van der Waals surface area (Å²) in [5.41, 5.74) is 0. The van der Waals surface area contributed by atoms with Crippen LogP contribution < -0.4 is 5.32 Å². The molecule has 2 aromatic heterocycles. The second-order valence-corrected chi connectivity index (χ2v) is 4.03. The Balaban J connectivity index is 1.44. The van der Waals surface area contributed by atoms with Gasteiger partial charge in [0.1, 0.15) is 11.6 Å². The molecule has 0 amide bonds. The van der Waals surface area contributed by atoms with Gasteiger partial charge < -0.3 is 15.3 Å². The van der Waals surface area contributed by atoms with E-state index in [4.69, 9.17) is 0 Å². The number of hydrogen-bond acceptors (Lipinski definition) is 3. The van der Waals surface area contributed by atoms with Crippen molar-refractivity contribution in [2.45, 2.75) is 25.7 Å². The maximum atomic E-state index is 4.19. The first-order valence-electron chi connectivity index (χ1n) is 6.12. The van der Waals surface area contributed by atoms with Crippen LogP contribution in [0, 0.1) is 0 Å². The van der Waals surface area contributed by atoms with Gasteiger partial charge in [0.2, 0.25) is 0 Å². The molecule has 0 atom stereocenters. The van der Waals surface area contributed by atoms with E-state index in [9.17, 15) is 0 Å². The van der Waals surface area contributed by atoms with E-state index in [1.807, 2.05) is 12.4 Å². The van der Waals surface area contributed by atoms with Crippen molar-refractivity contribution < 1.29 is 0 Å². The number of imidazole rings is 2. The number of rotatable bonds is 8. The smallest absolute Gasteiger partial charge is 0.106 e. The van der Waals surface area contributed by atoms with Gasteiger partial charge in [0.15, 0.2) is 0 Å². The van der Waals surface area contributed by atoms with E-state index in [0.717, 1.165) is 50.4 Å². The summed E-state index contributed by atoms with van der Waals surface area (Å²) in [5.74, 6) is 2.14. The van der Waals surface area contributed by atoms with Crippen LogP contribution in [0.15, 0.2) is 24.8 Å². The van der Waals surface area contributed by atoms with Crippen molar-refractivity contribution in [3.05, 3.63) is 36.4 Å². The molecule has 0 aliphatic heterocycles. The van der Waals surface area contributed by atoms with Gasteiger partial charge in [0.25, 0.3) is 0 Å². The topological polar surface area (TPSA) is 69.4 Å². The molecule has 0 aromatic carbocycles. The summed E-state index contributed by atoms with van der Waals surface area (Å²) in [6, 6.07) is 0. The summed E-state index contributed by atoms with van der Waals surface area (Å²) in [6.07, 6.45) is 11.6. The van der Waals surface area contributed by atoms with Crippen molar-refractivity contribution >= 4 is 0 Å². The van der Waals surface area contributed by atoms with Crippen LogP contribution in [0.3, 0.4) is 0 Å². The molecule has 0 aliphatic carbocycles. The van der Waals surface area contributed by atoms with Gasteiger partial charge in [-0.25, -0.2) is 9.97 Å². The lowest BCUT2D eigenvalue weighted by molar-refractivity contribution is 0.611. The van der Waals surface area contributed by atoms with E-state index in [2.05, 4.69) is 25.3 Å². The van der Waals surface area contributed by atoms with Crippen LogP contribution in [-0.4, -0.2) is 33.0 Å². The Morgan fingerprint density at radius 1 is 0.882 bits per heavy atom. The normalized spacial score (nSPS) is 10.8. The van der Waals surface area contributed by atoms with Crippen LogP contribution in [0.1, 0.15) is 24.5 Å². The molecule has 5 nitrogen and oxygen atoms in total. The predicted octanol–water partition coefficient (Wildman–Crippen LogP) is 1.29. The fourth-order valence-electron chi connectivity index (χ4n) is 1.76. The van der Waals surface area contributed by atoms with Crippen LogP contribution in [0.25, 0.3) is 0 Å². The average Bonchev–Trinajstić information content (AvgIpc) is 3.00. The molecule has 5 heteroatoms. The summed E-state index contributed by atoms with van der Waals surface area (Å²) >= 11 is 0. The minimum absolute atomic E-state index is 1.01. The minimum atomic E-state index is 1.01. The van der Waals surface area contributed by atoms with Crippen molar-refractivity contribution in [2.24, 2.45) is 0 Å². The fourth-order valence-corrected chi connectivity index (χ4v) is 1.76. The molecule has 0 radical (unpaired) electrons. The SMILES string of the molecule is c1c[nH]c(CCCNCCCc2ncc[nH]2)n1. The molecule has 0 aliphatic rings. The Hall–Kier alpha value is -1.62.